The molecule has 1 N–H and O–H groups in total. The summed E-state index contributed by atoms with van der Waals surface area (Å²) < 4.78 is 5.55. The van der Waals surface area contributed by atoms with E-state index in [0.29, 0.717) is 32.5 Å². The minimum absolute atomic E-state index is 0. The number of benzene rings is 2. The molecule has 1 fully saturated rings. The van der Waals surface area contributed by atoms with Crippen molar-refractivity contribution in [2.45, 2.75) is 32.3 Å². The molecule has 0 aliphatic carbocycles. The van der Waals surface area contributed by atoms with Crippen molar-refractivity contribution in [3.05, 3.63) is 77.9 Å². The van der Waals surface area contributed by atoms with Gasteiger partial charge in [0.2, 0.25) is 0 Å². The SMILES string of the molecule is CCNC(=O)OC1(C(C)=O)CCN(CC=C(c2ccccc2)c2ccccc2)CC1.Cl. The number of hydrogen-bond donors (Lipinski definition) is 1. The van der Waals surface area contributed by atoms with Crippen molar-refractivity contribution < 1.29 is 14.3 Å². The summed E-state index contributed by atoms with van der Waals surface area (Å²) in [4.78, 5) is 26.5. The van der Waals surface area contributed by atoms with E-state index < -0.39 is 11.7 Å². The Morgan fingerprint density at radius 3 is 1.97 bits per heavy atom. The Kier molecular flexibility index (Phi) is 9.28. The van der Waals surface area contributed by atoms with Gasteiger partial charge in [0.15, 0.2) is 11.4 Å². The summed E-state index contributed by atoms with van der Waals surface area (Å²) in [5.41, 5.74) is 2.54. The van der Waals surface area contributed by atoms with E-state index >= 15 is 0 Å². The Bertz CT molecular complexity index is 835. The third kappa shape index (κ3) is 6.42. The first-order chi connectivity index (χ1) is 14.5. The van der Waals surface area contributed by atoms with Crippen molar-refractivity contribution in [3.63, 3.8) is 0 Å². The fourth-order valence-corrected chi connectivity index (χ4v) is 3.84. The molecule has 2 aromatic carbocycles. The van der Waals surface area contributed by atoms with Gasteiger partial charge in [0, 0.05) is 39.0 Å². The fraction of sp³-hybridized carbons (Fsp3) is 0.360. The van der Waals surface area contributed by atoms with Crippen molar-refractivity contribution in [1.29, 1.82) is 0 Å². The smallest absolute Gasteiger partial charge is 0.408 e. The zero-order valence-corrected chi connectivity index (χ0v) is 19.0. The Morgan fingerprint density at radius 1 is 1.00 bits per heavy atom. The number of carbonyl (C=O) groups is 2. The van der Waals surface area contributed by atoms with Crippen molar-refractivity contribution in [3.8, 4) is 0 Å². The molecule has 31 heavy (non-hydrogen) atoms. The molecule has 1 amide bonds. The summed E-state index contributed by atoms with van der Waals surface area (Å²) in [5.74, 6) is -0.0850. The fourth-order valence-electron chi connectivity index (χ4n) is 3.84. The number of Topliss-reactive ketones (excluding diaryl/α,β-unsaturated/α-hetero) is 1. The average molecular weight is 443 g/mol. The Hall–Kier alpha value is -2.63. The largest absolute Gasteiger partial charge is 0.435 e. The molecule has 1 aliphatic heterocycles. The van der Waals surface area contributed by atoms with Gasteiger partial charge in [-0.3, -0.25) is 9.69 Å². The summed E-state index contributed by atoms with van der Waals surface area (Å²) in [5, 5.41) is 2.62. The molecule has 1 aliphatic rings. The third-order valence-corrected chi connectivity index (χ3v) is 5.64. The van der Waals surface area contributed by atoms with Gasteiger partial charge in [-0.15, -0.1) is 12.4 Å². The van der Waals surface area contributed by atoms with Crippen LogP contribution in [0.15, 0.2) is 66.7 Å². The highest BCUT2D eigenvalue weighted by molar-refractivity contribution is 5.87. The molecule has 0 spiro atoms. The highest BCUT2D eigenvalue weighted by atomic mass is 35.5. The van der Waals surface area contributed by atoms with Crippen molar-refractivity contribution in [1.82, 2.24) is 10.2 Å². The first kappa shape index (κ1) is 24.6. The van der Waals surface area contributed by atoms with Crippen LogP contribution in [0.5, 0.6) is 0 Å². The average Bonchev–Trinajstić information content (AvgIpc) is 2.76. The lowest BCUT2D eigenvalue weighted by Gasteiger charge is -2.39. The minimum Gasteiger partial charge on any atom is -0.435 e. The van der Waals surface area contributed by atoms with E-state index in [-0.39, 0.29) is 18.2 Å². The van der Waals surface area contributed by atoms with Gasteiger partial charge in [-0.25, -0.2) is 4.79 Å². The second-order valence-corrected chi connectivity index (χ2v) is 7.62. The molecule has 5 nitrogen and oxygen atoms in total. The van der Waals surface area contributed by atoms with Crippen LogP contribution < -0.4 is 5.32 Å². The van der Waals surface area contributed by atoms with Crippen LogP contribution in [0, 0.1) is 0 Å². The maximum atomic E-state index is 12.3. The van der Waals surface area contributed by atoms with Gasteiger partial charge in [-0.2, -0.15) is 0 Å². The molecule has 3 rings (SSSR count). The van der Waals surface area contributed by atoms with Crippen molar-refractivity contribution in [2.24, 2.45) is 0 Å². The number of nitrogens with one attached hydrogen (secondary N) is 1. The van der Waals surface area contributed by atoms with Gasteiger partial charge >= 0.3 is 6.09 Å². The molecule has 166 valence electrons. The van der Waals surface area contributed by atoms with Crippen LogP contribution in [0.4, 0.5) is 4.79 Å². The summed E-state index contributed by atoms with van der Waals surface area (Å²) >= 11 is 0. The van der Waals surface area contributed by atoms with E-state index in [4.69, 9.17) is 4.74 Å². The van der Waals surface area contributed by atoms with Crippen LogP contribution in [0.3, 0.4) is 0 Å². The topological polar surface area (TPSA) is 58.6 Å². The highest BCUT2D eigenvalue weighted by Crippen LogP contribution is 2.29. The number of amides is 1. The van der Waals surface area contributed by atoms with Gasteiger partial charge in [0.25, 0.3) is 0 Å². The number of carbonyl (C=O) groups excluding carboxylic acids is 2. The minimum atomic E-state index is -1.01. The molecule has 6 heteroatoms. The van der Waals surface area contributed by atoms with Crippen LogP contribution in [-0.4, -0.2) is 48.6 Å². The number of alkyl carbamates (subject to hydrolysis) is 1. The van der Waals surface area contributed by atoms with Gasteiger partial charge < -0.3 is 10.1 Å². The van der Waals surface area contributed by atoms with Gasteiger partial charge in [-0.05, 0) is 30.5 Å². The van der Waals surface area contributed by atoms with E-state index in [9.17, 15) is 9.59 Å². The molecule has 0 atom stereocenters. The molecule has 0 aromatic heterocycles. The van der Waals surface area contributed by atoms with Crippen LogP contribution in [0.25, 0.3) is 5.57 Å². The number of piperidine rings is 1. The second-order valence-electron chi connectivity index (χ2n) is 7.62. The Morgan fingerprint density at radius 2 is 1.52 bits per heavy atom. The second kappa shape index (κ2) is 11.7. The third-order valence-electron chi connectivity index (χ3n) is 5.64. The molecule has 0 saturated carbocycles. The maximum Gasteiger partial charge on any atom is 0.408 e. The first-order valence-corrected chi connectivity index (χ1v) is 10.6. The number of likely N-dealkylation sites (tertiary alicyclic amines) is 1. The molecule has 1 heterocycles. The van der Waals surface area contributed by atoms with E-state index in [0.717, 1.165) is 6.54 Å². The molecule has 2 aromatic rings. The number of halogens is 1. The monoisotopic (exact) mass is 442 g/mol. The number of hydrogen-bond acceptors (Lipinski definition) is 4. The number of nitrogens with zero attached hydrogens (tertiary/aromatic N) is 1. The lowest BCUT2D eigenvalue weighted by molar-refractivity contribution is -0.140. The zero-order chi connectivity index (χ0) is 21.4. The number of ether oxygens (including phenoxy) is 1. The summed E-state index contributed by atoms with van der Waals surface area (Å²) in [6.07, 6.45) is 2.76. The maximum absolute atomic E-state index is 12.3. The van der Waals surface area contributed by atoms with E-state index in [1.165, 1.54) is 23.6 Å². The highest BCUT2D eigenvalue weighted by Gasteiger charge is 2.42. The normalized spacial score (nSPS) is 15.3. The molecular weight excluding hydrogens is 412 g/mol. The summed E-state index contributed by atoms with van der Waals surface area (Å²) in [7, 11) is 0. The van der Waals surface area contributed by atoms with Crippen LogP contribution >= 0.6 is 12.4 Å². The quantitative estimate of drug-likeness (QED) is 0.674. The summed E-state index contributed by atoms with van der Waals surface area (Å²) in [6, 6.07) is 20.7. The first-order valence-electron chi connectivity index (χ1n) is 10.6. The van der Waals surface area contributed by atoms with Gasteiger partial charge in [0.05, 0.1) is 0 Å². The molecular formula is C25H31ClN2O3. The van der Waals surface area contributed by atoms with E-state index in [1.54, 1.807) is 0 Å². The standard InChI is InChI=1S/C25H30N2O3.ClH/c1-3-26-24(29)30-25(20(2)28)15-18-27(19-16-25)17-14-23(21-10-6-4-7-11-21)22-12-8-5-9-13-22;/h4-14H,3,15-19H2,1-2H3,(H,26,29);1H. The van der Waals surface area contributed by atoms with Crippen molar-refractivity contribution in [2.75, 3.05) is 26.2 Å². The number of rotatable bonds is 7. The van der Waals surface area contributed by atoms with Crippen LogP contribution in [0.1, 0.15) is 37.8 Å². The Labute approximate surface area is 190 Å². The predicted molar refractivity (Wildman–Crippen MR) is 126 cm³/mol. The lowest BCUT2D eigenvalue weighted by Crippen LogP contribution is -2.52. The summed E-state index contributed by atoms with van der Waals surface area (Å²) in [6.45, 7) is 5.99. The van der Waals surface area contributed by atoms with Crippen LogP contribution in [0.2, 0.25) is 0 Å². The number of ketones is 1. The molecule has 0 radical (unpaired) electrons. The van der Waals surface area contributed by atoms with E-state index in [1.807, 2.05) is 43.3 Å². The van der Waals surface area contributed by atoms with Crippen LogP contribution in [-0.2, 0) is 9.53 Å². The predicted octanol–water partition coefficient (Wildman–Crippen LogP) is 4.71. The molecule has 0 bridgehead atoms. The molecule has 0 unspecified atom stereocenters. The van der Waals surface area contributed by atoms with Crippen molar-refractivity contribution >= 4 is 29.9 Å². The Balaban J connectivity index is 0.00000341. The van der Waals surface area contributed by atoms with E-state index in [2.05, 4.69) is 40.6 Å². The van der Waals surface area contributed by atoms with Gasteiger partial charge in [-0.1, -0.05) is 66.7 Å². The molecule has 1 saturated heterocycles. The zero-order valence-electron chi connectivity index (χ0n) is 18.2. The van der Waals surface area contributed by atoms with Gasteiger partial charge in [0.1, 0.15) is 0 Å². The lowest BCUT2D eigenvalue weighted by atomic mass is 9.87.